The molecule has 0 aromatic heterocycles. The van der Waals surface area contributed by atoms with Crippen LogP contribution >= 0.6 is 0 Å². The van der Waals surface area contributed by atoms with Gasteiger partial charge in [0, 0.05) is 13.0 Å². The van der Waals surface area contributed by atoms with Gasteiger partial charge in [0.05, 0.1) is 12.2 Å². The fourth-order valence-electron chi connectivity index (χ4n) is 1.28. The number of rotatable bonds is 3. The van der Waals surface area contributed by atoms with Crippen molar-refractivity contribution >= 4 is 5.97 Å². The SMILES string of the molecule is O=C1CCCO1.OCCCC1(O)CC1. The molecule has 1 heterocycles. The van der Waals surface area contributed by atoms with Crippen LogP contribution in [0.15, 0.2) is 0 Å². The minimum Gasteiger partial charge on any atom is -0.466 e. The summed E-state index contributed by atoms with van der Waals surface area (Å²) < 4.78 is 4.51. The monoisotopic (exact) mass is 202 g/mol. The highest BCUT2D eigenvalue weighted by atomic mass is 16.5. The number of esters is 1. The molecule has 1 saturated heterocycles. The molecule has 1 saturated carbocycles. The average Bonchev–Trinajstić information content (AvgIpc) is 2.70. The molecule has 2 aliphatic rings. The molecule has 0 radical (unpaired) electrons. The van der Waals surface area contributed by atoms with E-state index in [1.807, 2.05) is 0 Å². The van der Waals surface area contributed by atoms with Crippen LogP contribution in [0.25, 0.3) is 0 Å². The van der Waals surface area contributed by atoms with Crippen LogP contribution in [0.3, 0.4) is 0 Å². The fourth-order valence-corrected chi connectivity index (χ4v) is 1.28. The molecule has 2 N–H and O–H groups in total. The Labute approximate surface area is 83.9 Å². The highest BCUT2D eigenvalue weighted by Crippen LogP contribution is 2.38. The first kappa shape index (κ1) is 11.5. The van der Waals surface area contributed by atoms with Crippen molar-refractivity contribution in [3.05, 3.63) is 0 Å². The minimum absolute atomic E-state index is 0.0463. The van der Waals surface area contributed by atoms with Crippen LogP contribution in [0.1, 0.15) is 38.5 Å². The largest absolute Gasteiger partial charge is 0.466 e. The summed E-state index contributed by atoms with van der Waals surface area (Å²) in [6.07, 6.45) is 4.94. The van der Waals surface area contributed by atoms with E-state index >= 15 is 0 Å². The van der Waals surface area contributed by atoms with Crippen molar-refractivity contribution in [3.8, 4) is 0 Å². The average molecular weight is 202 g/mol. The third-order valence-electron chi connectivity index (χ3n) is 2.42. The normalized spacial score (nSPS) is 22.3. The van der Waals surface area contributed by atoms with Crippen LogP contribution in [0.2, 0.25) is 0 Å². The predicted octanol–water partition coefficient (Wildman–Crippen LogP) is 0.607. The number of carbonyl (C=O) groups is 1. The quantitative estimate of drug-likeness (QED) is 0.658. The van der Waals surface area contributed by atoms with Gasteiger partial charge in [-0.25, -0.2) is 0 Å². The highest BCUT2D eigenvalue weighted by molar-refractivity contribution is 5.70. The summed E-state index contributed by atoms with van der Waals surface area (Å²) in [5.74, 6) is -0.0463. The van der Waals surface area contributed by atoms with E-state index in [-0.39, 0.29) is 18.2 Å². The van der Waals surface area contributed by atoms with Gasteiger partial charge in [0.1, 0.15) is 0 Å². The zero-order chi connectivity index (χ0) is 10.4. The van der Waals surface area contributed by atoms with Gasteiger partial charge in [0.25, 0.3) is 0 Å². The van der Waals surface area contributed by atoms with Crippen LogP contribution in [-0.4, -0.2) is 35.0 Å². The van der Waals surface area contributed by atoms with E-state index in [9.17, 15) is 4.79 Å². The number of aliphatic hydroxyl groups excluding tert-OH is 1. The molecule has 4 heteroatoms. The lowest BCUT2D eigenvalue weighted by Gasteiger charge is -2.02. The molecule has 1 aliphatic carbocycles. The zero-order valence-electron chi connectivity index (χ0n) is 8.37. The van der Waals surface area contributed by atoms with Crippen LogP contribution in [-0.2, 0) is 9.53 Å². The molecule has 0 amide bonds. The molecule has 0 atom stereocenters. The van der Waals surface area contributed by atoms with Crippen LogP contribution in [0.5, 0.6) is 0 Å². The maximum atomic E-state index is 10.0. The van der Waals surface area contributed by atoms with E-state index in [2.05, 4.69) is 4.74 Å². The molecule has 2 rings (SSSR count). The molecule has 4 nitrogen and oxygen atoms in total. The Bertz CT molecular complexity index is 179. The maximum absolute atomic E-state index is 10.0. The summed E-state index contributed by atoms with van der Waals surface area (Å²) in [4.78, 5) is 10.0. The van der Waals surface area contributed by atoms with Gasteiger partial charge >= 0.3 is 5.97 Å². The summed E-state index contributed by atoms with van der Waals surface area (Å²) in [6.45, 7) is 0.848. The standard InChI is InChI=1S/C6H12O2.C4H6O2/c7-5-1-2-6(8)3-4-6;5-4-2-1-3-6-4/h7-8H,1-5H2;1-3H2. The van der Waals surface area contributed by atoms with Crippen LogP contribution in [0.4, 0.5) is 0 Å². The van der Waals surface area contributed by atoms with Crippen LogP contribution in [0, 0.1) is 0 Å². The lowest BCUT2D eigenvalue weighted by atomic mass is 10.2. The fraction of sp³-hybridized carbons (Fsp3) is 0.900. The molecule has 0 unspecified atom stereocenters. The van der Waals surface area contributed by atoms with E-state index in [4.69, 9.17) is 10.2 Å². The van der Waals surface area contributed by atoms with Crippen molar-refractivity contribution in [2.24, 2.45) is 0 Å². The van der Waals surface area contributed by atoms with Gasteiger partial charge < -0.3 is 14.9 Å². The molecule has 0 spiro atoms. The second-order valence-electron chi connectivity index (χ2n) is 3.88. The molecular formula is C10H18O4. The summed E-state index contributed by atoms with van der Waals surface area (Å²) >= 11 is 0. The number of hydrogen-bond donors (Lipinski definition) is 2. The van der Waals surface area contributed by atoms with Gasteiger partial charge in [-0.3, -0.25) is 4.79 Å². The smallest absolute Gasteiger partial charge is 0.305 e. The van der Waals surface area contributed by atoms with Crippen molar-refractivity contribution in [2.45, 2.75) is 44.1 Å². The van der Waals surface area contributed by atoms with E-state index in [1.165, 1.54) is 0 Å². The maximum Gasteiger partial charge on any atom is 0.305 e. The Balaban J connectivity index is 0.000000146. The van der Waals surface area contributed by atoms with Gasteiger partial charge in [-0.2, -0.15) is 0 Å². The second kappa shape index (κ2) is 5.32. The second-order valence-corrected chi connectivity index (χ2v) is 3.88. The number of cyclic esters (lactones) is 1. The Kier molecular flexibility index (Phi) is 4.35. The molecule has 0 aromatic carbocycles. The summed E-state index contributed by atoms with van der Waals surface area (Å²) in [5, 5.41) is 17.5. The topological polar surface area (TPSA) is 66.8 Å². The van der Waals surface area contributed by atoms with E-state index in [0.717, 1.165) is 32.1 Å². The Hall–Kier alpha value is -0.610. The van der Waals surface area contributed by atoms with Gasteiger partial charge in [-0.1, -0.05) is 0 Å². The molecule has 1 aliphatic heterocycles. The van der Waals surface area contributed by atoms with Gasteiger partial charge in [0.15, 0.2) is 0 Å². The lowest BCUT2D eigenvalue weighted by Crippen LogP contribution is -2.06. The molecule has 82 valence electrons. The van der Waals surface area contributed by atoms with Crippen molar-refractivity contribution < 1.29 is 19.7 Å². The van der Waals surface area contributed by atoms with Crippen LogP contribution < -0.4 is 0 Å². The van der Waals surface area contributed by atoms with Gasteiger partial charge in [-0.15, -0.1) is 0 Å². The van der Waals surface area contributed by atoms with Gasteiger partial charge in [0.2, 0.25) is 0 Å². The zero-order valence-corrected chi connectivity index (χ0v) is 8.37. The third-order valence-corrected chi connectivity index (χ3v) is 2.42. The van der Waals surface area contributed by atoms with Crippen molar-refractivity contribution in [1.82, 2.24) is 0 Å². The van der Waals surface area contributed by atoms with E-state index in [1.54, 1.807) is 0 Å². The first-order chi connectivity index (χ1) is 6.66. The summed E-state index contributed by atoms with van der Waals surface area (Å²) in [5.41, 5.74) is -0.358. The molecule has 0 aromatic rings. The molecule has 14 heavy (non-hydrogen) atoms. The van der Waals surface area contributed by atoms with E-state index in [0.29, 0.717) is 13.0 Å². The van der Waals surface area contributed by atoms with Crippen molar-refractivity contribution in [2.75, 3.05) is 13.2 Å². The minimum atomic E-state index is -0.358. The predicted molar refractivity (Wildman–Crippen MR) is 50.7 cm³/mol. The van der Waals surface area contributed by atoms with Crippen molar-refractivity contribution in [1.29, 1.82) is 0 Å². The van der Waals surface area contributed by atoms with Gasteiger partial charge in [-0.05, 0) is 32.1 Å². The first-order valence-electron chi connectivity index (χ1n) is 5.15. The lowest BCUT2D eigenvalue weighted by molar-refractivity contribution is -0.137. The summed E-state index contributed by atoms with van der Waals surface area (Å²) in [7, 11) is 0. The molecule has 0 bridgehead atoms. The molecular weight excluding hydrogens is 184 g/mol. The first-order valence-corrected chi connectivity index (χ1v) is 5.15. The molecule has 2 fully saturated rings. The number of carbonyl (C=O) groups excluding carboxylic acids is 1. The number of hydrogen-bond acceptors (Lipinski definition) is 4. The summed E-state index contributed by atoms with van der Waals surface area (Å²) in [6, 6.07) is 0. The Morgan fingerprint density at radius 1 is 1.43 bits per heavy atom. The Morgan fingerprint density at radius 2 is 2.14 bits per heavy atom. The highest BCUT2D eigenvalue weighted by Gasteiger charge is 2.38. The third kappa shape index (κ3) is 4.58. The number of ether oxygens (including phenoxy) is 1. The van der Waals surface area contributed by atoms with E-state index < -0.39 is 0 Å². The number of aliphatic hydroxyl groups is 2. The van der Waals surface area contributed by atoms with Crippen molar-refractivity contribution in [3.63, 3.8) is 0 Å². The Morgan fingerprint density at radius 3 is 2.43 bits per heavy atom.